The highest BCUT2D eigenvalue weighted by molar-refractivity contribution is 7.17. The Morgan fingerprint density at radius 3 is 2.41 bits per heavy atom. The van der Waals surface area contributed by atoms with Crippen LogP contribution < -0.4 is 0 Å². The van der Waals surface area contributed by atoms with Crippen molar-refractivity contribution in [3.8, 4) is 10.4 Å². The van der Waals surface area contributed by atoms with E-state index < -0.39 is 0 Å². The highest BCUT2D eigenvalue weighted by Gasteiger charge is 2.27. The number of hydrogen-bond acceptors (Lipinski definition) is 2. The summed E-state index contributed by atoms with van der Waals surface area (Å²) in [6.45, 7) is 3.97. The van der Waals surface area contributed by atoms with Gasteiger partial charge in [-0.1, -0.05) is 50.5 Å². The van der Waals surface area contributed by atoms with Crippen molar-refractivity contribution in [2.24, 2.45) is 5.92 Å². The minimum Gasteiger partial charge on any atom is -0.338 e. The summed E-state index contributed by atoms with van der Waals surface area (Å²) < 4.78 is 0. The van der Waals surface area contributed by atoms with Gasteiger partial charge in [0.05, 0.1) is 4.88 Å². The zero-order chi connectivity index (χ0) is 18.6. The van der Waals surface area contributed by atoms with E-state index in [9.17, 15) is 4.79 Å². The summed E-state index contributed by atoms with van der Waals surface area (Å²) in [6, 6.07) is 13.3. The van der Waals surface area contributed by atoms with E-state index >= 15 is 0 Å². The second kappa shape index (κ2) is 8.60. The van der Waals surface area contributed by atoms with Crippen molar-refractivity contribution < 1.29 is 4.79 Å². The molecule has 1 aromatic heterocycles. The van der Waals surface area contributed by atoms with E-state index in [2.05, 4.69) is 42.2 Å². The van der Waals surface area contributed by atoms with Crippen molar-refractivity contribution in [3.63, 3.8) is 0 Å². The van der Waals surface area contributed by atoms with Gasteiger partial charge in [0, 0.05) is 18.0 Å². The first-order valence-electron chi connectivity index (χ1n) is 10.7. The zero-order valence-electron chi connectivity index (χ0n) is 16.5. The third kappa shape index (κ3) is 4.63. The molecule has 0 spiro atoms. The van der Waals surface area contributed by atoms with Crippen molar-refractivity contribution in [1.82, 2.24) is 4.90 Å². The van der Waals surface area contributed by atoms with E-state index in [1.165, 1.54) is 60.9 Å². The van der Waals surface area contributed by atoms with Gasteiger partial charge < -0.3 is 4.90 Å². The molecule has 2 saturated carbocycles. The Morgan fingerprint density at radius 2 is 1.74 bits per heavy atom. The maximum atomic E-state index is 12.9. The van der Waals surface area contributed by atoms with Crippen molar-refractivity contribution in [1.29, 1.82) is 0 Å². The smallest absolute Gasteiger partial charge is 0.263 e. The molecule has 4 rings (SSSR count). The standard InChI is InChI=1S/C24H31NOS/c1-2-16-25(17-18-8-9-18)24(26)23-15-14-22(27-23)21-12-10-20(11-13-21)19-6-4-3-5-7-19/h10-15,18-19H,2-9,16-17H2,1H3. The quantitative estimate of drug-likeness (QED) is 0.521. The number of benzene rings is 1. The Hall–Kier alpha value is -1.61. The molecule has 27 heavy (non-hydrogen) atoms. The number of amides is 1. The van der Waals surface area contributed by atoms with Crippen LogP contribution in [0.25, 0.3) is 10.4 Å². The molecule has 0 radical (unpaired) electrons. The van der Waals surface area contributed by atoms with Crippen LogP contribution in [0.4, 0.5) is 0 Å². The van der Waals surface area contributed by atoms with Gasteiger partial charge in [-0.05, 0) is 67.2 Å². The molecule has 2 nitrogen and oxygen atoms in total. The van der Waals surface area contributed by atoms with Crippen LogP contribution in [0.3, 0.4) is 0 Å². The van der Waals surface area contributed by atoms with Crippen molar-refractivity contribution >= 4 is 17.2 Å². The van der Waals surface area contributed by atoms with E-state index in [1.54, 1.807) is 11.3 Å². The Labute approximate surface area is 167 Å². The van der Waals surface area contributed by atoms with Gasteiger partial charge >= 0.3 is 0 Å². The average Bonchev–Trinajstić information content (AvgIpc) is 3.40. The number of hydrogen-bond donors (Lipinski definition) is 0. The molecule has 0 unspecified atom stereocenters. The summed E-state index contributed by atoms with van der Waals surface area (Å²) in [5.74, 6) is 1.71. The Bertz CT molecular complexity index is 753. The number of thiophene rings is 1. The first-order chi connectivity index (χ1) is 13.2. The maximum absolute atomic E-state index is 12.9. The number of rotatable bonds is 7. The fourth-order valence-electron chi connectivity index (χ4n) is 4.28. The summed E-state index contributed by atoms with van der Waals surface area (Å²) >= 11 is 1.65. The fourth-order valence-corrected chi connectivity index (χ4v) is 5.26. The Kier molecular flexibility index (Phi) is 5.97. The van der Waals surface area contributed by atoms with Gasteiger partial charge in [0.25, 0.3) is 5.91 Å². The Balaban J connectivity index is 1.45. The summed E-state index contributed by atoms with van der Waals surface area (Å²) in [5.41, 5.74) is 2.73. The van der Waals surface area contributed by atoms with Gasteiger partial charge in [0.15, 0.2) is 0 Å². The van der Waals surface area contributed by atoms with Gasteiger partial charge in [-0.25, -0.2) is 0 Å². The molecule has 2 aromatic rings. The third-order valence-electron chi connectivity index (χ3n) is 6.04. The lowest BCUT2D eigenvalue weighted by molar-refractivity contribution is 0.0752. The fraction of sp³-hybridized carbons (Fsp3) is 0.542. The lowest BCUT2D eigenvalue weighted by Gasteiger charge is -2.22. The molecule has 0 atom stereocenters. The summed E-state index contributed by atoms with van der Waals surface area (Å²) in [5, 5.41) is 0. The molecule has 1 aromatic carbocycles. The summed E-state index contributed by atoms with van der Waals surface area (Å²) in [4.78, 5) is 17.1. The lowest BCUT2D eigenvalue weighted by atomic mass is 9.84. The van der Waals surface area contributed by atoms with Crippen LogP contribution in [0.15, 0.2) is 36.4 Å². The summed E-state index contributed by atoms with van der Waals surface area (Å²) in [6.07, 6.45) is 10.4. The molecular weight excluding hydrogens is 350 g/mol. The van der Waals surface area contributed by atoms with Gasteiger partial charge in [-0.2, -0.15) is 0 Å². The van der Waals surface area contributed by atoms with Gasteiger partial charge in [-0.15, -0.1) is 11.3 Å². The third-order valence-corrected chi connectivity index (χ3v) is 7.17. The van der Waals surface area contributed by atoms with Gasteiger partial charge in [0.2, 0.25) is 0 Å². The maximum Gasteiger partial charge on any atom is 0.263 e. The van der Waals surface area contributed by atoms with Gasteiger partial charge in [-0.3, -0.25) is 4.79 Å². The normalized spacial score (nSPS) is 17.8. The zero-order valence-corrected chi connectivity index (χ0v) is 17.3. The number of carbonyl (C=O) groups is 1. The topological polar surface area (TPSA) is 20.3 Å². The van der Waals surface area contributed by atoms with E-state index in [0.29, 0.717) is 0 Å². The monoisotopic (exact) mass is 381 g/mol. The first-order valence-corrected chi connectivity index (χ1v) is 11.6. The molecule has 1 heterocycles. The number of nitrogens with zero attached hydrogens (tertiary/aromatic N) is 1. The van der Waals surface area contributed by atoms with E-state index in [1.807, 2.05) is 6.07 Å². The van der Waals surface area contributed by atoms with Crippen LogP contribution >= 0.6 is 11.3 Å². The minimum absolute atomic E-state index is 0.221. The molecule has 2 aliphatic carbocycles. The molecule has 2 fully saturated rings. The van der Waals surface area contributed by atoms with Crippen LogP contribution in [0.1, 0.15) is 79.4 Å². The van der Waals surface area contributed by atoms with E-state index in [4.69, 9.17) is 0 Å². The van der Waals surface area contributed by atoms with E-state index in [0.717, 1.165) is 36.2 Å². The molecule has 3 heteroatoms. The van der Waals surface area contributed by atoms with Gasteiger partial charge in [0.1, 0.15) is 0 Å². The SMILES string of the molecule is CCCN(CC1CC1)C(=O)c1ccc(-c2ccc(C3CCCCC3)cc2)s1. The summed E-state index contributed by atoms with van der Waals surface area (Å²) in [7, 11) is 0. The van der Waals surface area contributed by atoms with E-state index in [-0.39, 0.29) is 5.91 Å². The lowest BCUT2D eigenvalue weighted by Crippen LogP contribution is -2.33. The molecule has 0 saturated heterocycles. The molecule has 0 bridgehead atoms. The molecule has 144 valence electrons. The van der Waals surface area contributed by atoms with Crippen molar-refractivity contribution in [2.75, 3.05) is 13.1 Å². The molecular formula is C24H31NOS. The highest BCUT2D eigenvalue weighted by Crippen LogP contribution is 2.35. The van der Waals surface area contributed by atoms with Crippen molar-refractivity contribution in [3.05, 3.63) is 46.8 Å². The van der Waals surface area contributed by atoms with Crippen LogP contribution in [0, 0.1) is 5.92 Å². The van der Waals surface area contributed by atoms with Crippen molar-refractivity contribution in [2.45, 2.75) is 64.2 Å². The second-order valence-electron chi connectivity index (χ2n) is 8.32. The molecule has 1 amide bonds. The van der Waals surface area contributed by atoms with Crippen LogP contribution in [-0.2, 0) is 0 Å². The Morgan fingerprint density at radius 1 is 1.00 bits per heavy atom. The molecule has 0 aliphatic heterocycles. The minimum atomic E-state index is 0.221. The second-order valence-corrected chi connectivity index (χ2v) is 9.40. The number of carbonyl (C=O) groups excluding carboxylic acids is 1. The van der Waals surface area contributed by atoms with Crippen LogP contribution in [0.5, 0.6) is 0 Å². The predicted octanol–water partition coefficient (Wildman–Crippen LogP) is 6.73. The molecule has 0 N–H and O–H groups in total. The molecule has 2 aliphatic rings. The highest BCUT2D eigenvalue weighted by atomic mass is 32.1. The van der Waals surface area contributed by atoms with Crippen LogP contribution in [-0.4, -0.2) is 23.9 Å². The largest absolute Gasteiger partial charge is 0.338 e. The first kappa shape index (κ1) is 18.7. The predicted molar refractivity (Wildman–Crippen MR) is 114 cm³/mol. The average molecular weight is 382 g/mol. The van der Waals surface area contributed by atoms with Crippen LogP contribution in [0.2, 0.25) is 0 Å².